The molecule has 2 atom stereocenters. The van der Waals surface area contributed by atoms with E-state index in [2.05, 4.69) is 10.3 Å². The number of hydrogen-bond donors (Lipinski definition) is 2. The molecule has 0 radical (unpaired) electrons. The summed E-state index contributed by atoms with van der Waals surface area (Å²) in [5.41, 5.74) is 2.35. The number of aliphatic hydroxyl groups is 1. The third-order valence-corrected chi connectivity index (χ3v) is 13.3. The Hall–Kier alpha value is -3.94. The first-order valence-electron chi connectivity index (χ1n) is 16.7. The average molecular weight is 703 g/mol. The van der Waals surface area contributed by atoms with Crippen molar-refractivity contribution in [1.29, 1.82) is 0 Å². The summed E-state index contributed by atoms with van der Waals surface area (Å²) in [4.78, 5) is 49.2. The highest BCUT2D eigenvalue weighted by molar-refractivity contribution is 8.76. The number of hydrogen-bond acceptors (Lipinski definition) is 10. The first kappa shape index (κ1) is 32.3. The molecule has 3 aromatic heterocycles. The van der Waals surface area contributed by atoms with Gasteiger partial charge in [-0.25, -0.2) is 23.9 Å². The van der Waals surface area contributed by atoms with Gasteiger partial charge in [-0.1, -0.05) is 23.8 Å². The second-order valence-electron chi connectivity index (χ2n) is 13.2. The number of aromatic nitrogens is 3. The molecule has 0 spiro atoms. The molecule has 2 aliphatic carbocycles. The van der Waals surface area contributed by atoms with Crippen molar-refractivity contribution in [2.24, 2.45) is 0 Å². The van der Waals surface area contributed by atoms with E-state index in [0.29, 0.717) is 40.6 Å². The molecule has 1 saturated carbocycles. The Morgan fingerprint density at radius 1 is 1.16 bits per heavy atom. The van der Waals surface area contributed by atoms with Gasteiger partial charge in [-0.15, -0.1) is 0 Å². The maximum Gasteiger partial charge on any atom is 0.407 e. The number of pyridine rings is 3. The lowest BCUT2D eigenvalue weighted by Crippen LogP contribution is -2.44. The topological polar surface area (TPSA) is 133 Å². The fourth-order valence-corrected chi connectivity index (χ4v) is 10.3. The molecule has 4 aliphatic rings. The molecule has 13 heteroatoms. The first-order valence-corrected chi connectivity index (χ1v) is 18.9. The summed E-state index contributed by atoms with van der Waals surface area (Å²) in [7, 11) is 3.49. The number of cyclic esters (lactones) is 1. The van der Waals surface area contributed by atoms with Crippen molar-refractivity contribution >= 4 is 44.6 Å². The predicted octanol–water partition coefficient (Wildman–Crippen LogP) is 6.39. The standard InChI is InChI=1S/C36H35FN4O6S2/c1-3-36(45)24-14-28-32-22(16-41(28)33(42)23(24)17-46-34(36)43)31-26(12-11-21-18(2)25(37)15-27(39-32)30(21)31)40-35(44)47-19-7-9-20(10-8-19)48-49-29-6-4-5-13-38-29/h4-6,13-15,19-20,26,45H,3,7-12,16-17H2,1-2H3,(H,40,44)/t19-,20-,26-,36-/m0/s1. The predicted molar refractivity (Wildman–Crippen MR) is 184 cm³/mol. The summed E-state index contributed by atoms with van der Waals surface area (Å²) in [6.07, 6.45) is 5.59. The van der Waals surface area contributed by atoms with Gasteiger partial charge in [0, 0.05) is 34.0 Å². The van der Waals surface area contributed by atoms with Gasteiger partial charge >= 0.3 is 12.1 Å². The Morgan fingerprint density at radius 2 is 1.98 bits per heavy atom. The van der Waals surface area contributed by atoms with E-state index in [1.165, 1.54) is 6.07 Å². The zero-order valence-corrected chi connectivity index (χ0v) is 28.7. The Kier molecular flexibility index (Phi) is 8.19. The highest BCUT2D eigenvalue weighted by atomic mass is 33.1. The second kappa shape index (κ2) is 12.4. The summed E-state index contributed by atoms with van der Waals surface area (Å²) in [6, 6.07) is 8.47. The van der Waals surface area contributed by atoms with E-state index < -0.39 is 23.7 Å². The number of rotatable bonds is 6. The zero-order valence-electron chi connectivity index (χ0n) is 27.1. The Morgan fingerprint density at radius 3 is 2.73 bits per heavy atom. The molecule has 10 nitrogen and oxygen atoms in total. The molecule has 0 bridgehead atoms. The number of nitrogens with one attached hydrogen (secondary N) is 1. The number of benzene rings is 1. The van der Waals surface area contributed by atoms with Crippen LogP contribution in [0.1, 0.15) is 84.9 Å². The number of aryl methyl sites for hydroxylation is 1. The van der Waals surface area contributed by atoms with E-state index in [-0.39, 0.29) is 48.2 Å². The number of halogens is 1. The van der Waals surface area contributed by atoms with Gasteiger partial charge in [-0.2, -0.15) is 0 Å². The summed E-state index contributed by atoms with van der Waals surface area (Å²) >= 11 is 0. The summed E-state index contributed by atoms with van der Waals surface area (Å²) in [5, 5.41) is 16.6. The molecular formula is C36H35FN4O6S2. The van der Waals surface area contributed by atoms with Gasteiger partial charge in [0.05, 0.1) is 35.1 Å². The monoisotopic (exact) mass is 702 g/mol. The van der Waals surface area contributed by atoms with Crippen LogP contribution in [0, 0.1) is 12.7 Å². The minimum Gasteiger partial charge on any atom is -0.458 e. The number of carbonyl (C=O) groups excluding carboxylic acids is 2. The molecule has 2 aliphatic heterocycles. The van der Waals surface area contributed by atoms with Crippen molar-refractivity contribution in [3.05, 3.63) is 86.1 Å². The molecule has 49 heavy (non-hydrogen) atoms. The van der Waals surface area contributed by atoms with Crippen LogP contribution in [0.4, 0.5) is 9.18 Å². The molecular weight excluding hydrogens is 668 g/mol. The quantitative estimate of drug-likeness (QED) is 0.152. The van der Waals surface area contributed by atoms with Gasteiger partial charge in [-0.05, 0) is 97.6 Å². The Bertz CT molecular complexity index is 2080. The van der Waals surface area contributed by atoms with Crippen molar-refractivity contribution < 1.29 is 28.6 Å². The van der Waals surface area contributed by atoms with E-state index in [0.717, 1.165) is 52.8 Å². The third-order valence-electron chi connectivity index (χ3n) is 10.5. The molecule has 5 heterocycles. The highest BCUT2D eigenvalue weighted by Gasteiger charge is 2.46. The lowest BCUT2D eigenvalue weighted by molar-refractivity contribution is -0.172. The summed E-state index contributed by atoms with van der Waals surface area (Å²) in [5.74, 6) is -1.17. The maximum absolute atomic E-state index is 15.2. The number of esters is 1. The van der Waals surface area contributed by atoms with Crippen molar-refractivity contribution in [3.63, 3.8) is 0 Å². The van der Waals surface area contributed by atoms with Crippen LogP contribution in [0.2, 0.25) is 0 Å². The summed E-state index contributed by atoms with van der Waals surface area (Å²) < 4.78 is 28.0. The molecule has 1 aromatic carbocycles. The lowest BCUT2D eigenvalue weighted by Gasteiger charge is -2.31. The number of alkyl carbamates (subject to hydrolysis) is 1. The van der Waals surface area contributed by atoms with Gasteiger partial charge in [-0.3, -0.25) is 4.79 Å². The number of amides is 1. The number of carbonyl (C=O) groups is 2. The molecule has 254 valence electrons. The lowest BCUT2D eigenvalue weighted by atomic mass is 9.81. The maximum atomic E-state index is 15.2. The van der Waals surface area contributed by atoms with Crippen LogP contribution >= 0.6 is 21.6 Å². The van der Waals surface area contributed by atoms with E-state index in [1.54, 1.807) is 41.5 Å². The minimum absolute atomic E-state index is 0.0254. The molecule has 0 saturated heterocycles. The highest BCUT2D eigenvalue weighted by Crippen LogP contribution is 2.46. The molecule has 2 N–H and O–H groups in total. The number of fused-ring (bicyclic) bond motifs is 5. The van der Waals surface area contributed by atoms with Gasteiger partial charge in [0.25, 0.3) is 5.56 Å². The normalized spacial score (nSPS) is 23.8. The minimum atomic E-state index is -1.96. The second-order valence-corrected chi connectivity index (χ2v) is 15.7. The van der Waals surface area contributed by atoms with Crippen molar-refractivity contribution in [2.75, 3.05) is 0 Å². The SMILES string of the molecule is CC[C@@]1(O)C(=O)OCc2c1cc1n(c2=O)Cc2c-1nc1cc(F)c(C)c3c1c2[C@@H](NC(=O)O[C@H]1CC[C@H](SSc2ccccn2)CC1)CC3. The molecule has 8 rings (SSSR count). The van der Waals surface area contributed by atoms with E-state index in [4.69, 9.17) is 14.5 Å². The van der Waals surface area contributed by atoms with Crippen LogP contribution in [-0.4, -0.2) is 43.1 Å². The number of nitrogens with zero attached hydrogens (tertiary/aromatic N) is 3. The third kappa shape index (κ3) is 5.41. The van der Waals surface area contributed by atoms with E-state index >= 15 is 4.39 Å². The fourth-order valence-electron chi connectivity index (χ4n) is 7.79. The molecule has 1 fully saturated rings. The van der Waals surface area contributed by atoms with Crippen LogP contribution in [0.15, 0.2) is 46.3 Å². The van der Waals surface area contributed by atoms with Crippen molar-refractivity contribution in [2.45, 2.75) is 100.0 Å². The number of ether oxygens (including phenoxy) is 2. The average Bonchev–Trinajstić information content (AvgIpc) is 3.48. The van der Waals surface area contributed by atoms with Crippen LogP contribution < -0.4 is 10.9 Å². The van der Waals surface area contributed by atoms with Crippen LogP contribution in [0.3, 0.4) is 0 Å². The smallest absolute Gasteiger partial charge is 0.407 e. The van der Waals surface area contributed by atoms with Gasteiger partial charge in [0.2, 0.25) is 0 Å². The Labute approximate surface area is 289 Å². The van der Waals surface area contributed by atoms with Crippen molar-refractivity contribution in [3.8, 4) is 11.4 Å². The van der Waals surface area contributed by atoms with Crippen LogP contribution in [-0.2, 0) is 39.4 Å². The molecule has 4 aromatic rings. The van der Waals surface area contributed by atoms with Gasteiger partial charge in [0.1, 0.15) is 23.6 Å². The van der Waals surface area contributed by atoms with Crippen LogP contribution in [0.25, 0.3) is 22.3 Å². The van der Waals surface area contributed by atoms with Crippen LogP contribution in [0.5, 0.6) is 0 Å². The Balaban J connectivity index is 1.08. The van der Waals surface area contributed by atoms with Crippen molar-refractivity contribution in [1.82, 2.24) is 19.9 Å². The molecule has 1 amide bonds. The van der Waals surface area contributed by atoms with E-state index in [9.17, 15) is 19.5 Å². The summed E-state index contributed by atoms with van der Waals surface area (Å²) in [6.45, 7) is 3.35. The van der Waals surface area contributed by atoms with Gasteiger partial charge < -0.3 is 24.5 Å². The van der Waals surface area contributed by atoms with E-state index in [1.807, 2.05) is 29.0 Å². The first-order chi connectivity index (χ1) is 23.7. The zero-order chi connectivity index (χ0) is 34.0. The largest absolute Gasteiger partial charge is 0.458 e. The fraction of sp³-hybridized carbons (Fsp3) is 0.417. The van der Waals surface area contributed by atoms with Gasteiger partial charge in [0.15, 0.2) is 5.60 Å². The molecule has 0 unspecified atom stereocenters.